The number of hydrogen-bond acceptors (Lipinski definition) is 3. The van der Waals surface area contributed by atoms with E-state index < -0.39 is 33.3 Å². The van der Waals surface area contributed by atoms with E-state index in [1.807, 2.05) is 0 Å². The van der Waals surface area contributed by atoms with E-state index >= 15 is 0 Å². The first-order valence-corrected chi connectivity index (χ1v) is 7.44. The Bertz CT molecular complexity index is 778. The van der Waals surface area contributed by atoms with Gasteiger partial charge in [-0.3, -0.25) is 4.79 Å². The molecule has 8 heteroatoms. The molecular formula is C13H12F2N2O3S. The van der Waals surface area contributed by atoms with E-state index in [0.717, 1.165) is 30.5 Å². The van der Waals surface area contributed by atoms with Crippen LogP contribution in [0.3, 0.4) is 0 Å². The Morgan fingerprint density at radius 3 is 2.29 bits per heavy atom. The molecule has 1 heterocycles. The summed E-state index contributed by atoms with van der Waals surface area (Å²) in [5.41, 5.74) is -0.826. The molecule has 2 N–H and O–H groups in total. The smallest absolute Gasteiger partial charge is 0.247 e. The molecule has 112 valence electrons. The molecule has 0 spiro atoms. The number of benzene rings is 1. The highest BCUT2D eigenvalue weighted by molar-refractivity contribution is 7.89. The van der Waals surface area contributed by atoms with Crippen molar-refractivity contribution in [2.45, 2.75) is 17.9 Å². The van der Waals surface area contributed by atoms with Crippen LogP contribution in [0.2, 0.25) is 0 Å². The summed E-state index contributed by atoms with van der Waals surface area (Å²) in [4.78, 5) is 12.9. The van der Waals surface area contributed by atoms with Crippen LogP contribution in [0.4, 0.5) is 8.78 Å². The third kappa shape index (κ3) is 3.34. The SMILES string of the molecule is CC(NS(=O)(=O)c1ccc(=O)[nH]c1)c1c(F)cccc1F. The molecule has 0 aliphatic carbocycles. The summed E-state index contributed by atoms with van der Waals surface area (Å²) in [6, 6.07) is 4.32. The van der Waals surface area contributed by atoms with Crippen molar-refractivity contribution < 1.29 is 17.2 Å². The van der Waals surface area contributed by atoms with Gasteiger partial charge in [0.05, 0.1) is 4.90 Å². The van der Waals surface area contributed by atoms with Gasteiger partial charge >= 0.3 is 0 Å². The molecule has 5 nitrogen and oxygen atoms in total. The van der Waals surface area contributed by atoms with E-state index in [9.17, 15) is 22.0 Å². The Kier molecular flexibility index (Phi) is 4.19. The molecule has 2 rings (SSSR count). The van der Waals surface area contributed by atoms with Crippen molar-refractivity contribution in [3.05, 3.63) is 64.1 Å². The average Bonchev–Trinajstić information content (AvgIpc) is 2.38. The van der Waals surface area contributed by atoms with Gasteiger partial charge in [0.25, 0.3) is 0 Å². The van der Waals surface area contributed by atoms with Gasteiger partial charge in [-0.1, -0.05) is 6.07 Å². The Hall–Kier alpha value is -2.06. The van der Waals surface area contributed by atoms with Crippen molar-refractivity contribution in [1.29, 1.82) is 0 Å². The molecule has 2 aromatic rings. The number of halogens is 2. The van der Waals surface area contributed by atoms with Crippen LogP contribution < -0.4 is 10.3 Å². The van der Waals surface area contributed by atoms with Crippen LogP contribution in [0.5, 0.6) is 0 Å². The first-order chi connectivity index (χ1) is 9.81. The van der Waals surface area contributed by atoms with Crippen molar-refractivity contribution in [3.8, 4) is 0 Å². The lowest BCUT2D eigenvalue weighted by atomic mass is 10.1. The fourth-order valence-corrected chi connectivity index (χ4v) is 3.03. The predicted molar refractivity (Wildman–Crippen MR) is 72.2 cm³/mol. The third-order valence-electron chi connectivity index (χ3n) is 2.83. The van der Waals surface area contributed by atoms with Crippen molar-refractivity contribution in [2.24, 2.45) is 0 Å². The van der Waals surface area contributed by atoms with Gasteiger partial charge in [-0.05, 0) is 25.1 Å². The van der Waals surface area contributed by atoms with E-state index in [0.29, 0.717) is 0 Å². The maximum atomic E-state index is 13.6. The number of aromatic nitrogens is 1. The highest BCUT2D eigenvalue weighted by Crippen LogP contribution is 2.22. The summed E-state index contributed by atoms with van der Waals surface area (Å²) < 4.78 is 53.5. The van der Waals surface area contributed by atoms with E-state index in [4.69, 9.17) is 0 Å². The zero-order valence-electron chi connectivity index (χ0n) is 10.9. The quantitative estimate of drug-likeness (QED) is 0.901. The lowest BCUT2D eigenvalue weighted by Gasteiger charge is -2.15. The van der Waals surface area contributed by atoms with Gasteiger partial charge in [0.2, 0.25) is 15.6 Å². The first-order valence-electron chi connectivity index (χ1n) is 5.96. The lowest BCUT2D eigenvalue weighted by molar-refractivity contribution is 0.514. The molecule has 1 aromatic heterocycles. The largest absolute Gasteiger partial charge is 0.328 e. The number of aromatic amines is 1. The molecule has 0 saturated heterocycles. The van der Waals surface area contributed by atoms with E-state index in [2.05, 4.69) is 9.71 Å². The second kappa shape index (κ2) is 5.74. The fourth-order valence-electron chi connectivity index (χ4n) is 1.85. The molecule has 0 bridgehead atoms. The van der Waals surface area contributed by atoms with Crippen LogP contribution >= 0.6 is 0 Å². The molecule has 0 radical (unpaired) electrons. The lowest BCUT2D eigenvalue weighted by Crippen LogP contribution is -2.28. The fraction of sp³-hybridized carbons (Fsp3) is 0.154. The zero-order chi connectivity index (χ0) is 15.6. The molecule has 1 atom stereocenters. The van der Waals surface area contributed by atoms with Crippen LogP contribution in [0.15, 0.2) is 46.2 Å². The van der Waals surface area contributed by atoms with Gasteiger partial charge < -0.3 is 4.98 Å². The topological polar surface area (TPSA) is 79.0 Å². The minimum atomic E-state index is -4.01. The maximum Gasteiger partial charge on any atom is 0.247 e. The minimum absolute atomic E-state index is 0.203. The molecule has 1 aromatic carbocycles. The number of pyridine rings is 1. The van der Waals surface area contributed by atoms with Gasteiger partial charge in [0.15, 0.2) is 0 Å². The van der Waals surface area contributed by atoms with Gasteiger partial charge in [0, 0.05) is 23.9 Å². The second-order valence-electron chi connectivity index (χ2n) is 4.37. The summed E-state index contributed by atoms with van der Waals surface area (Å²) in [7, 11) is -4.01. The van der Waals surface area contributed by atoms with Crippen LogP contribution in [0, 0.1) is 11.6 Å². The number of nitrogens with one attached hydrogen (secondary N) is 2. The highest BCUT2D eigenvalue weighted by Gasteiger charge is 2.22. The molecule has 0 saturated carbocycles. The minimum Gasteiger partial charge on any atom is -0.328 e. The van der Waals surface area contributed by atoms with Crippen LogP contribution in [-0.2, 0) is 10.0 Å². The normalized spacial score (nSPS) is 13.1. The standard InChI is InChI=1S/C13H12F2N2O3S/c1-8(13-10(14)3-2-4-11(13)15)17-21(19,20)9-5-6-12(18)16-7-9/h2-8,17H,1H3,(H,16,18). The predicted octanol–water partition coefficient (Wildman–Crippen LogP) is 1.69. The van der Waals surface area contributed by atoms with Crippen molar-refractivity contribution in [1.82, 2.24) is 9.71 Å². The summed E-state index contributed by atoms with van der Waals surface area (Å²) in [6.07, 6.45) is 1.01. The zero-order valence-corrected chi connectivity index (χ0v) is 11.7. The Balaban J connectivity index is 2.32. The first kappa shape index (κ1) is 15.3. The highest BCUT2D eigenvalue weighted by atomic mass is 32.2. The van der Waals surface area contributed by atoms with Gasteiger partial charge in [-0.15, -0.1) is 0 Å². The second-order valence-corrected chi connectivity index (χ2v) is 6.08. The molecule has 1 unspecified atom stereocenters. The molecule has 0 amide bonds. The summed E-state index contributed by atoms with van der Waals surface area (Å²) >= 11 is 0. The number of rotatable bonds is 4. The number of sulfonamides is 1. The van der Waals surface area contributed by atoms with E-state index in [1.165, 1.54) is 13.0 Å². The average molecular weight is 314 g/mol. The Labute approximate surface area is 119 Å². The summed E-state index contributed by atoms with van der Waals surface area (Å²) in [5, 5.41) is 0. The molecule has 0 fully saturated rings. The van der Waals surface area contributed by atoms with Crippen molar-refractivity contribution in [2.75, 3.05) is 0 Å². The van der Waals surface area contributed by atoms with Crippen LogP contribution in [0.25, 0.3) is 0 Å². The van der Waals surface area contributed by atoms with Crippen LogP contribution in [0.1, 0.15) is 18.5 Å². The monoisotopic (exact) mass is 314 g/mol. The third-order valence-corrected chi connectivity index (χ3v) is 4.37. The van der Waals surface area contributed by atoms with E-state index in [1.54, 1.807) is 0 Å². The maximum absolute atomic E-state index is 13.6. The molecule has 21 heavy (non-hydrogen) atoms. The Morgan fingerprint density at radius 1 is 1.14 bits per heavy atom. The van der Waals surface area contributed by atoms with Gasteiger partial charge in [0.1, 0.15) is 11.6 Å². The number of H-pyrrole nitrogens is 1. The number of hydrogen-bond donors (Lipinski definition) is 2. The summed E-state index contributed by atoms with van der Waals surface area (Å²) in [6.45, 7) is 1.32. The van der Waals surface area contributed by atoms with Gasteiger partial charge in [-0.25, -0.2) is 21.9 Å². The summed E-state index contributed by atoms with van der Waals surface area (Å²) in [5.74, 6) is -1.68. The van der Waals surface area contributed by atoms with E-state index in [-0.39, 0.29) is 10.5 Å². The van der Waals surface area contributed by atoms with Crippen LogP contribution in [-0.4, -0.2) is 13.4 Å². The van der Waals surface area contributed by atoms with Crippen molar-refractivity contribution in [3.63, 3.8) is 0 Å². The van der Waals surface area contributed by atoms with Crippen molar-refractivity contribution >= 4 is 10.0 Å². The molecular weight excluding hydrogens is 302 g/mol. The van der Waals surface area contributed by atoms with Gasteiger partial charge in [-0.2, -0.15) is 0 Å². The Morgan fingerprint density at radius 2 is 1.76 bits per heavy atom. The molecule has 0 aliphatic heterocycles. The molecule has 0 aliphatic rings.